The highest BCUT2D eigenvalue weighted by Gasteiger charge is 2.48. The number of rotatable bonds is 4. The van der Waals surface area contributed by atoms with Crippen LogP contribution in [0, 0.1) is 17.7 Å². The van der Waals surface area contributed by atoms with E-state index in [-0.39, 0.29) is 29.6 Å². The SMILES string of the molecule is O=C(O)CNC(=O)c1cc2c3c(c1)[C@@H]1C=CC[C@@H]1[C@H](c1ccc(F)cc1)N3C[C@@H]1CC=C[C@H]21. The van der Waals surface area contributed by atoms with Crippen LogP contribution in [-0.2, 0) is 4.79 Å². The van der Waals surface area contributed by atoms with Crippen LogP contribution in [-0.4, -0.2) is 30.1 Å². The Bertz CT molecular complexity index is 1190. The Morgan fingerprint density at radius 3 is 2.48 bits per heavy atom. The van der Waals surface area contributed by atoms with Crippen LogP contribution in [0.25, 0.3) is 0 Å². The monoisotopic (exact) mass is 444 g/mol. The van der Waals surface area contributed by atoms with Crippen molar-refractivity contribution in [1.29, 1.82) is 0 Å². The van der Waals surface area contributed by atoms with Gasteiger partial charge in [-0.2, -0.15) is 0 Å². The molecule has 0 spiro atoms. The molecule has 0 fully saturated rings. The van der Waals surface area contributed by atoms with E-state index in [0.29, 0.717) is 17.4 Å². The summed E-state index contributed by atoms with van der Waals surface area (Å²) < 4.78 is 13.7. The highest BCUT2D eigenvalue weighted by atomic mass is 19.1. The number of carboxylic acids is 1. The fourth-order valence-corrected chi connectivity index (χ4v) is 6.40. The molecule has 2 N–H and O–H groups in total. The highest BCUT2D eigenvalue weighted by Crippen LogP contribution is 2.58. The standard InChI is InChI=1S/C27H25FN2O3/c28-18-9-7-15(8-10-18)25-21-6-2-5-20(21)23-12-17(27(33)29-13-24(31)32)11-22-19-4-1-3-16(19)14-30(25)26(22)23/h1-2,4-5,7-12,16,19-21,25H,3,6,13-14H2,(H,29,33)(H,31,32)/t16-,19-,20+,21-,25-/m0/s1. The maximum atomic E-state index is 13.7. The smallest absolute Gasteiger partial charge is 0.322 e. The lowest BCUT2D eigenvalue weighted by Crippen LogP contribution is -2.46. The summed E-state index contributed by atoms with van der Waals surface area (Å²) in [5.41, 5.74) is 5.12. The molecule has 33 heavy (non-hydrogen) atoms. The lowest BCUT2D eigenvalue weighted by Gasteiger charge is -2.51. The molecular formula is C27H25FN2O3. The van der Waals surface area contributed by atoms with E-state index in [2.05, 4.69) is 34.5 Å². The zero-order chi connectivity index (χ0) is 22.7. The molecular weight excluding hydrogens is 419 g/mol. The predicted octanol–water partition coefficient (Wildman–Crippen LogP) is 4.53. The predicted molar refractivity (Wildman–Crippen MR) is 123 cm³/mol. The zero-order valence-corrected chi connectivity index (χ0v) is 18.1. The van der Waals surface area contributed by atoms with Crippen LogP contribution < -0.4 is 10.2 Å². The molecule has 1 amide bonds. The summed E-state index contributed by atoms with van der Waals surface area (Å²) in [6.07, 6.45) is 10.9. The van der Waals surface area contributed by atoms with Crippen LogP contribution >= 0.6 is 0 Å². The molecule has 6 heteroatoms. The van der Waals surface area contributed by atoms with Crippen molar-refractivity contribution >= 4 is 17.6 Å². The van der Waals surface area contributed by atoms with E-state index in [9.17, 15) is 14.0 Å². The topological polar surface area (TPSA) is 69.6 Å². The number of carbonyl (C=O) groups excluding carboxylic acids is 1. The third-order valence-electron chi connectivity index (χ3n) is 7.72. The maximum Gasteiger partial charge on any atom is 0.322 e. The van der Waals surface area contributed by atoms with Gasteiger partial charge in [-0.25, -0.2) is 4.39 Å². The van der Waals surface area contributed by atoms with E-state index >= 15 is 0 Å². The molecule has 0 saturated heterocycles. The molecule has 6 rings (SSSR count). The maximum absolute atomic E-state index is 13.7. The first-order chi connectivity index (χ1) is 16.0. The molecule has 2 aromatic rings. The molecule has 0 bridgehead atoms. The molecule has 5 nitrogen and oxygen atoms in total. The Balaban J connectivity index is 1.51. The van der Waals surface area contributed by atoms with Crippen LogP contribution in [0.5, 0.6) is 0 Å². The number of fused-ring (bicyclic) bond motifs is 4. The van der Waals surface area contributed by atoms with Crippen molar-refractivity contribution in [2.24, 2.45) is 11.8 Å². The Labute approximate surface area is 191 Å². The van der Waals surface area contributed by atoms with Crippen LogP contribution in [0.3, 0.4) is 0 Å². The van der Waals surface area contributed by atoms with Gasteiger partial charge in [-0.15, -0.1) is 0 Å². The second-order valence-corrected chi connectivity index (χ2v) is 9.53. The second kappa shape index (κ2) is 7.58. The molecule has 0 unspecified atom stereocenters. The normalized spacial score (nSPS) is 28.3. The fraction of sp³-hybridized carbons (Fsp3) is 0.333. The van der Waals surface area contributed by atoms with Crippen LogP contribution in [0.4, 0.5) is 10.1 Å². The number of nitrogens with zero attached hydrogens (tertiary/aromatic N) is 1. The van der Waals surface area contributed by atoms with Gasteiger partial charge in [0.2, 0.25) is 0 Å². The van der Waals surface area contributed by atoms with Crippen LogP contribution in [0.15, 0.2) is 60.7 Å². The van der Waals surface area contributed by atoms with E-state index in [4.69, 9.17) is 5.11 Å². The highest BCUT2D eigenvalue weighted by molar-refractivity contribution is 5.97. The molecule has 2 aliphatic carbocycles. The Morgan fingerprint density at radius 2 is 1.73 bits per heavy atom. The summed E-state index contributed by atoms with van der Waals surface area (Å²) in [5, 5.41) is 11.5. The van der Waals surface area contributed by atoms with Gasteiger partial charge in [0.25, 0.3) is 5.91 Å². The van der Waals surface area contributed by atoms with Gasteiger partial charge < -0.3 is 15.3 Å². The third-order valence-corrected chi connectivity index (χ3v) is 7.72. The minimum atomic E-state index is -1.06. The van der Waals surface area contributed by atoms with Crippen LogP contribution in [0.1, 0.15) is 57.8 Å². The second-order valence-electron chi connectivity index (χ2n) is 9.53. The number of halogens is 1. The van der Waals surface area contributed by atoms with Crippen molar-refractivity contribution in [3.05, 3.63) is 88.8 Å². The van der Waals surface area contributed by atoms with Gasteiger partial charge >= 0.3 is 5.97 Å². The van der Waals surface area contributed by atoms with E-state index in [1.54, 1.807) is 12.1 Å². The first-order valence-corrected chi connectivity index (χ1v) is 11.5. The number of carboxylic acid groups (broad SMARTS) is 1. The van der Waals surface area contributed by atoms with Gasteiger partial charge in [0.15, 0.2) is 0 Å². The van der Waals surface area contributed by atoms with Gasteiger partial charge in [-0.05, 0) is 65.6 Å². The number of anilines is 1. The number of benzene rings is 2. The van der Waals surface area contributed by atoms with Crippen LogP contribution in [0.2, 0.25) is 0 Å². The first-order valence-electron chi connectivity index (χ1n) is 11.5. The molecule has 0 saturated carbocycles. The third kappa shape index (κ3) is 3.19. The summed E-state index contributed by atoms with van der Waals surface area (Å²) in [6, 6.07) is 11.0. The zero-order valence-electron chi connectivity index (χ0n) is 18.1. The van der Waals surface area contributed by atoms with E-state index in [1.807, 2.05) is 24.3 Å². The summed E-state index contributed by atoms with van der Waals surface area (Å²) in [6.45, 7) is 0.523. The van der Waals surface area contributed by atoms with Crippen molar-refractivity contribution in [2.75, 3.05) is 18.0 Å². The average molecular weight is 445 g/mol. The van der Waals surface area contributed by atoms with Gasteiger partial charge in [0.1, 0.15) is 12.4 Å². The molecule has 2 heterocycles. The van der Waals surface area contributed by atoms with Crippen molar-refractivity contribution < 1.29 is 19.1 Å². The first kappa shape index (κ1) is 20.2. The summed E-state index contributed by atoms with van der Waals surface area (Å²) in [4.78, 5) is 26.3. The molecule has 168 valence electrons. The lowest BCUT2D eigenvalue weighted by atomic mass is 9.70. The minimum absolute atomic E-state index is 0.144. The molecule has 5 atom stereocenters. The van der Waals surface area contributed by atoms with E-state index in [1.165, 1.54) is 5.69 Å². The molecule has 0 aromatic heterocycles. The number of hydrogen-bond donors (Lipinski definition) is 2. The Morgan fingerprint density at radius 1 is 1.03 bits per heavy atom. The van der Waals surface area contributed by atoms with Gasteiger partial charge in [-0.3, -0.25) is 9.59 Å². The lowest BCUT2D eigenvalue weighted by molar-refractivity contribution is -0.135. The van der Waals surface area contributed by atoms with Gasteiger partial charge in [0, 0.05) is 29.6 Å². The van der Waals surface area contributed by atoms with Crippen molar-refractivity contribution in [3.63, 3.8) is 0 Å². The molecule has 2 aliphatic heterocycles. The molecule has 0 radical (unpaired) electrons. The number of carbonyl (C=O) groups is 2. The summed E-state index contributed by atoms with van der Waals surface area (Å²) >= 11 is 0. The number of amides is 1. The van der Waals surface area contributed by atoms with Crippen molar-refractivity contribution in [2.45, 2.75) is 30.7 Å². The quantitative estimate of drug-likeness (QED) is 0.680. The molecule has 4 aliphatic rings. The number of aliphatic carboxylic acids is 1. The largest absolute Gasteiger partial charge is 0.480 e. The van der Waals surface area contributed by atoms with Gasteiger partial charge in [-0.1, -0.05) is 36.4 Å². The van der Waals surface area contributed by atoms with Crippen molar-refractivity contribution in [1.82, 2.24) is 5.32 Å². The van der Waals surface area contributed by atoms with Crippen molar-refractivity contribution in [3.8, 4) is 0 Å². The minimum Gasteiger partial charge on any atom is -0.480 e. The molecule has 2 aromatic carbocycles. The van der Waals surface area contributed by atoms with E-state index < -0.39 is 12.5 Å². The summed E-state index contributed by atoms with van der Waals surface area (Å²) in [7, 11) is 0. The fourth-order valence-electron chi connectivity index (χ4n) is 6.40. The average Bonchev–Trinajstić information content (AvgIpc) is 3.48. The number of hydrogen-bond acceptors (Lipinski definition) is 3. The Kier molecular flexibility index (Phi) is 4.64. The van der Waals surface area contributed by atoms with E-state index in [0.717, 1.165) is 36.1 Å². The van der Waals surface area contributed by atoms with Gasteiger partial charge in [0.05, 0.1) is 6.04 Å². The Hall–Kier alpha value is -3.41. The number of allylic oxidation sites excluding steroid dienone is 4. The number of nitrogens with one attached hydrogen (secondary N) is 1. The summed E-state index contributed by atoms with van der Waals surface area (Å²) in [5.74, 6) is -0.500.